The number of phenolic OH excluding ortho intramolecular Hbond substituents is 1. The Hall–Kier alpha value is -2.23. The van der Waals surface area contributed by atoms with Crippen molar-refractivity contribution in [2.45, 2.75) is 18.9 Å². The lowest BCUT2D eigenvalue weighted by Crippen LogP contribution is -2.35. The maximum atomic E-state index is 13.5. The van der Waals surface area contributed by atoms with E-state index in [4.69, 9.17) is 10.4 Å². The molecule has 100 valence electrons. The average Bonchev–Trinajstić information content (AvgIpc) is 3.21. The van der Waals surface area contributed by atoms with Gasteiger partial charge >= 0.3 is 0 Å². The van der Waals surface area contributed by atoms with Gasteiger partial charge in [-0.1, -0.05) is 0 Å². The zero-order valence-electron chi connectivity index (χ0n) is 9.58. The van der Waals surface area contributed by atoms with Crippen LogP contribution in [0.3, 0.4) is 0 Å². The SMILES string of the molecule is N#CC(NC(=O)c1cc(F)c(F)c(O)c1F)C1CC1. The first-order valence-corrected chi connectivity index (χ1v) is 5.52. The molecule has 0 spiro atoms. The minimum atomic E-state index is -1.76. The van der Waals surface area contributed by atoms with E-state index in [0.29, 0.717) is 6.07 Å². The summed E-state index contributed by atoms with van der Waals surface area (Å²) < 4.78 is 39.3. The van der Waals surface area contributed by atoms with Gasteiger partial charge in [0.15, 0.2) is 17.4 Å². The van der Waals surface area contributed by atoms with Crippen molar-refractivity contribution in [2.75, 3.05) is 0 Å². The fraction of sp³-hybridized carbons (Fsp3) is 0.333. The lowest BCUT2D eigenvalue weighted by atomic mass is 10.1. The van der Waals surface area contributed by atoms with Gasteiger partial charge in [0.25, 0.3) is 5.91 Å². The molecule has 1 aliphatic carbocycles. The van der Waals surface area contributed by atoms with Gasteiger partial charge in [0, 0.05) is 0 Å². The standard InChI is InChI=1S/C12H9F3N2O2/c13-7-3-6(9(14)11(18)10(7)15)12(19)17-8(4-16)5-1-2-5/h3,5,8,18H,1-2H2,(H,17,19). The van der Waals surface area contributed by atoms with Crippen molar-refractivity contribution in [3.63, 3.8) is 0 Å². The molecule has 19 heavy (non-hydrogen) atoms. The highest BCUT2D eigenvalue weighted by molar-refractivity contribution is 5.95. The predicted octanol–water partition coefficient (Wildman–Crippen LogP) is 1.84. The van der Waals surface area contributed by atoms with Crippen molar-refractivity contribution in [2.24, 2.45) is 5.92 Å². The van der Waals surface area contributed by atoms with E-state index in [2.05, 4.69) is 5.32 Å². The molecule has 1 saturated carbocycles. The van der Waals surface area contributed by atoms with Crippen molar-refractivity contribution in [1.29, 1.82) is 5.26 Å². The van der Waals surface area contributed by atoms with E-state index in [1.165, 1.54) is 0 Å². The molecule has 1 amide bonds. The van der Waals surface area contributed by atoms with Gasteiger partial charge in [-0.15, -0.1) is 0 Å². The number of phenols is 1. The Bertz CT molecular complexity index is 579. The second-order valence-corrected chi connectivity index (χ2v) is 4.30. The first-order valence-electron chi connectivity index (χ1n) is 5.52. The summed E-state index contributed by atoms with van der Waals surface area (Å²) in [6.45, 7) is 0. The van der Waals surface area contributed by atoms with Crippen molar-refractivity contribution in [3.8, 4) is 11.8 Å². The molecular formula is C12H9F3N2O2. The van der Waals surface area contributed by atoms with Crippen molar-refractivity contribution in [1.82, 2.24) is 5.32 Å². The van der Waals surface area contributed by atoms with Gasteiger partial charge in [-0.05, 0) is 24.8 Å². The number of aromatic hydroxyl groups is 1. The maximum absolute atomic E-state index is 13.5. The first kappa shape index (κ1) is 13.2. The molecule has 1 aromatic rings. The van der Waals surface area contributed by atoms with Gasteiger partial charge in [-0.2, -0.15) is 9.65 Å². The summed E-state index contributed by atoms with van der Waals surface area (Å²) in [6.07, 6.45) is 1.54. The third-order valence-corrected chi connectivity index (χ3v) is 2.90. The minimum Gasteiger partial charge on any atom is -0.503 e. The number of nitrogens with one attached hydrogen (secondary N) is 1. The maximum Gasteiger partial charge on any atom is 0.255 e. The molecule has 1 unspecified atom stereocenters. The lowest BCUT2D eigenvalue weighted by molar-refractivity contribution is 0.0936. The van der Waals surface area contributed by atoms with Crippen molar-refractivity contribution in [3.05, 3.63) is 29.1 Å². The monoisotopic (exact) mass is 270 g/mol. The Labute approximate surface area is 106 Å². The number of rotatable bonds is 3. The summed E-state index contributed by atoms with van der Waals surface area (Å²) in [4.78, 5) is 11.7. The first-order chi connectivity index (χ1) is 8.95. The number of hydrogen-bond acceptors (Lipinski definition) is 3. The Morgan fingerprint density at radius 2 is 2.05 bits per heavy atom. The van der Waals surface area contributed by atoms with Crippen LogP contribution in [-0.2, 0) is 0 Å². The largest absolute Gasteiger partial charge is 0.503 e. The van der Waals surface area contributed by atoms with Crippen molar-refractivity contribution < 1.29 is 23.1 Å². The summed E-state index contributed by atoms with van der Waals surface area (Å²) in [5, 5.41) is 20.0. The van der Waals surface area contributed by atoms with Gasteiger partial charge in [0.1, 0.15) is 6.04 Å². The van der Waals surface area contributed by atoms with E-state index >= 15 is 0 Å². The minimum absolute atomic E-state index is 0.00379. The van der Waals surface area contributed by atoms with Crippen LogP contribution in [0.15, 0.2) is 6.07 Å². The van der Waals surface area contributed by atoms with Gasteiger partial charge in [-0.3, -0.25) is 4.79 Å². The van der Waals surface area contributed by atoms with Crippen LogP contribution >= 0.6 is 0 Å². The smallest absolute Gasteiger partial charge is 0.255 e. The van der Waals surface area contributed by atoms with Crippen LogP contribution in [-0.4, -0.2) is 17.1 Å². The number of carbonyl (C=O) groups excluding carboxylic acids is 1. The normalized spacial score (nSPS) is 15.7. The Morgan fingerprint density at radius 1 is 1.42 bits per heavy atom. The molecule has 0 aromatic heterocycles. The number of nitriles is 1. The number of halogens is 3. The molecule has 1 atom stereocenters. The molecule has 2 rings (SSSR count). The number of hydrogen-bond donors (Lipinski definition) is 2. The van der Waals surface area contributed by atoms with Crippen LogP contribution in [0.25, 0.3) is 0 Å². The van der Waals surface area contributed by atoms with E-state index in [1.807, 2.05) is 6.07 Å². The molecule has 1 aliphatic rings. The number of carbonyl (C=O) groups is 1. The third-order valence-electron chi connectivity index (χ3n) is 2.90. The fourth-order valence-electron chi connectivity index (χ4n) is 1.66. The van der Waals surface area contributed by atoms with E-state index in [-0.39, 0.29) is 5.92 Å². The van der Waals surface area contributed by atoms with Gasteiger partial charge in [-0.25, -0.2) is 8.78 Å². The molecule has 0 radical (unpaired) electrons. The highest BCUT2D eigenvalue weighted by Gasteiger charge is 2.33. The summed E-state index contributed by atoms with van der Waals surface area (Å²) in [5.74, 6) is -7.47. The van der Waals surface area contributed by atoms with E-state index in [9.17, 15) is 18.0 Å². The van der Waals surface area contributed by atoms with Gasteiger partial charge in [0.05, 0.1) is 11.6 Å². The second-order valence-electron chi connectivity index (χ2n) is 4.30. The molecule has 1 aromatic carbocycles. The molecule has 0 heterocycles. The van der Waals surface area contributed by atoms with E-state index in [0.717, 1.165) is 12.8 Å². The van der Waals surface area contributed by atoms with Crippen LogP contribution in [0.1, 0.15) is 23.2 Å². The Kier molecular flexibility index (Phi) is 3.34. The summed E-state index contributed by atoms with van der Waals surface area (Å²) in [6, 6.07) is 1.38. The highest BCUT2D eigenvalue weighted by atomic mass is 19.2. The second kappa shape index (κ2) is 4.80. The molecule has 0 saturated heterocycles. The number of amides is 1. The Balaban J connectivity index is 2.26. The van der Waals surface area contributed by atoms with E-state index < -0.39 is 40.7 Å². The zero-order chi connectivity index (χ0) is 14.2. The van der Waals surface area contributed by atoms with E-state index in [1.54, 1.807) is 0 Å². The Morgan fingerprint density at radius 3 is 2.58 bits per heavy atom. The highest BCUT2D eigenvalue weighted by Crippen LogP contribution is 2.32. The molecule has 7 heteroatoms. The number of nitrogens with zero attached hydrogens (tertiary/aromatic N) is 1. The molecule has 0 bridgehead atoms. The van der Waals surface area contributed by atoms with Crippen LogP contribution in [0.4, 0.5) is 13.2 Å². The number of benzene rings is 1. The fourth-order valence-corrected chi connectivity index (χ4v) is 1.66. The zero-order valence-corrected chi connectivity index (χ0v) is 9.58. The summed E-state index contributed by atoms with van der Waals surface area (Å²) in [5.41, 5.74) is -0.836. The molecular weight excluding hydrogens is 261 g/mol. The quantitative estimate of drug-likeness (QED) is 0.823. The summed E-state index contributed by atoms with van der Waals surface area (Å²) in [7, 11) is 0. The van der Waals surface area contributed by atoms with Crippen LogP contribution in [0, 0.1) is 34.7 Å². The predicted molar refractivity (Wildman–Crippen MR) is 57.6 cm³/mol. The lowest BCUT2D eigenvalue weighted by Gasteiger charge is -2.11. The van der Waals surface area contributed by atoms with Gasteiger partial charge in [0.2, 0.25) is 5.82 Å². The molecule has 2 N–H and O–H groups in total. The van der Waals surface area contributed by atoms with Crippen LogP contribution in [0.5, 0.6) is 5.75 Å². The van der Waals surface area contributed by atoms with Gasteiger partial charge < -0.3 is 10.4 Å². The topological polar surface area (TPSA) is 73.1 Å². The molecule has 1 fully saturated rings. The average molecular weight is 270 g/mol. The molecule has 4 nitrogen and oxygen atoms in total. The van der Waals surface area contributed by atoms with Crippen LogP contribution in [0.2, 0.25) is 0 Å². The van der Waals surface area contributed by atoms with Crippen molar-refractivity contribution >= 4 is 5.91 Å². The third kappa shape index (κ3) is 2.47. The molecule has 0 aliphatic heterocycles. The van der Waals surface area contributed by atoms with Crippen LogP contribution < -0.4 is 5.32 Å². The summed E-state index contributed by atoms with van der Waals surface area (Å²) >= 11 is 0.